The first-order valence-electron chi connectivity index (χ1n) is 3.77. The zero-order chi connectivity index (χ0) is 12.3. The summed E-state index contributed by atoms with van der Waals surface area (Å²) in [7, 11) is 0. The normalized spacial score (nSPS) is 11.3. The van der Waals surface area contributed by atoms with Crippen molar-refractivity contribution >= 4 is 0 Å². The molecule has 0 spiro atoms. The number of rotatable bonds is 2. The van der Waals surface area contributed by atoms with Gasteiger partial charge in [-0.1, -0.05) is 0 Å². The number of hydrogen-bond donors (Lipinski definition) is 0. The van der Waals surface area contributed by atoms with E-state index >= 15 is 0 Å². The van der Waals surface area contributed by atoms with Crippen molar-refractivity contribution in [3.05, 3.63) is 23.5 Å². The quantitative estimate of drug-likeness (QED) is 0.744. The van der Waals surface area contributed by atoms with E-state index in [-0.39, 0.29) is 0 Å². The van der Waals surface area contributed by atoms with Crippen molar-refractivity contribution in [2.24, 2.45) is 0 Å². The second-order valence-corrected chi connectivity index (χ2v) is 2.56. The molecule has 1 aromatic heterocycles. The number of nitrogens with zero attached hydrogens (tertiary/aromatic N) is 2. The first-order chi connectivity index (χ1) is 7.35. The Labute approximate surface area is 86.1 Å². The summed E-state index contributed by atoms with van der Waals surface area (Å²) in [4.78, 5) is 3.20. The molecule has 16 heavy (non-hydrogen) atoms. The van der Waals surface area contributed by atoms with E-state index in [2.05, 4.69) is 9.72 Å². The molecule has 0 fully saturated rings. The summed E-state index contributed by atoms with van der Waals surface area (Å²) >= 11 is 0. The molecule has 0 radical (unpaired) electrons. The molecule has 1 rings (SSSR count). The topological polar surface area (TPSA) is 45.9 Å². The maximum absolute atomic E-state index is 12.4. The number of aromatic nitrogens is 1. The second kappa shape index (κ2) is 4.30. The van der Waals surface area contributed by atoms with Gasteiger partial charge in [0, 0.05) is 6.20 Å². The van der Waals surface area contributed by atoms with Gasteiger partial charge in [-0.15, -0.1) is 13.2 Å². The van der Waals surface area contributed by atoms with E-state index in [9.17, 15) is 22.0 Å². The van der Waals surface area contributed by atoms with E-state index in [1.807, 2.05) is 0 Å². The monoisotopic (exact) mass is 238 g/mol. The van der Waals surface area contributed by atoms with Gasteiger partial charge in [-0.3, -0.25) is 4.98 Å². The third-order valence-corrected chi connectivity index (χ3v) is 1.52. The highest BCUT2D eigenvalue weighted by atomic mass is 19.4. The van der Waals surface area contributed by atoms with Gasteiger partial charge >= 0.3 is 6.36 Å². The molecule has 8 heteroatoms. The summed E-state index contributed by atoms with van der Waals surface area (Å²) in [6, 6.07) is 1.31. The molecular formula is C8H3F5N2O. The molecule has 0 bridgehead atoms. The van der Waals surface area contributed by atoms with Gasteiger partial charge in [-0.05, 0) is 0 Å². The van der Waals surface area contributed by atoms with E-state index in [4.69, 9.17) is 5.26 Å². The Morgan fingerprint density at radius 1 is 1.31 bits per heavy atom. The molecule has 86 valence electrons. The fourth-order valence-electron chi connectivity index (χ4n) is 0.972. The maximum Gasteiger partial charge on any atom is 0.573 e. The van der Waals surface area contributed by atoms with Gasteiger partial charge in [0.15, 0.2) is 5.75 Å². The molecule has 1 aromatic rings. The largest absolute Gasteiger partial charge is 0.573 e. The van der Waals surface area contributed by atoms with Gasteiger partial charge in [-0.25, -0.2) is 8.78 Å². The number of hydrogen-bond acceptors (Lipinski definition) is 3. The molecule has 0 aliphatic heterocycles. The van der Waals surface area contributed by atoms with E-state index in [1.54, 1.807) is 0 Å². The van der Waals surface area contributed by atoms with E-state index in [1.165, 1.54) is 6.07 Å². The van der Waals surface area contributed by atoms with Gasteiger partial charge in [0.05, 0.1) is 17.3 Å². The van der Waals surface area contributed by atoms with Crippen molar-refractivity contribution in [3.63, 3.8) is 0 Å². The molecule has 0 saturated carbocycles. The Balaban J connectivity index is 3.24. The SMILES string of the molecule is N#Cc1cncc(OC(F)(F)F)c1C(F)F. The standard InChI is InChI=1S/C8H3F5N2O/c9-7(10)6-4(1-14)2-15-3-5(6)16-8(11,12)13/h2-3,7H. The lowest BCUT2D eigenvalue weighted by Crippen LogP contribution is -2.18. The lowest BCUT2D eigenvalue weighted by molar-refractivity contribution is -0.275. The van der Waals surface area contributed by atoms with Crippen LogP contribution in [0.1, 0.15) is 17.6 Å². The molecule has 0 atom stereocenters. The van der Waals surface area contributed by atoms with Crippen LogP contribution in [0.25, 0.3) is 0 Å². The second-order valence-electron chi connectivity index (χ2n) is 2.56. The van der Waals surface area contributed by atoms with Gasteiger partial charge in [0.2, 0.25) is 0 Å². The van der Waals surface area contributed by atoms with Crippen molar-refractivity contribution in [3.8, 4) is 11.8 Å². The van der Waals surface area contributed by atoms with Crippen LogP contribution in [0.3, 0.4) is 0 Å². The summed E-state index contributed by atoms with van der Waals surface area (Å²) < 4.78 is 63.7. The van der Waals surface area contributed by atoms with E-state index in [0.29, 0.717) is 6.20 Å². The van der Waals surface area contributed by atoms with Crippen molar-refractivity contribution in [2.45, 2.75) is 12.8 Å². The summed E-state index contributed by atoms with van der Waals surface area (Å²) in [5, 5.41) is 8.43. The maximum atomic E-state index is 12.4. The summed E-state index contributed by atoms with van der Waals surface area (Å²) in [5.41, 5.74) is -1.77. The smallest absolute Gasteiger partial charge is 0.404 e. The number of nitriles is 1. The van der Waals surface area contributed by atoms with Gasteiger partial charge < -0.3 is 4.74 Å². The fourth-order valence-corrected chi connectivity index (χ4v) is 0.972. The molecule has 0 saturated heterocycles. The predicted octanol–water partition coefficient (Wildman–Crippen LogP) is 2.79. The first kappa shape index (κ1) is 12.2. The van der Waals surface area contributed by atoms with Crippen LogP contribution in [0.2, 0.25) is 0 Å². The number of alkyl halides is 5. The van der Waals surface area contributed by atoms with Crippen molar-refractivity contribution in [1.29, 1.82) is 5.26 Å². The third kappa shape index (κ3) is 2.79. The summed E-state index contributed by atoms with van der Waals surface area (Å²) in [5.74, 6) is -1.17. The van der Waals surface area contributed by atoms with Crippen LogP contribution >= 0.6 is 0 Å². The van der Waals surface area contributed by atoms with Gasteiger partial charge in [0.25, 0.3) is 6.43 Å². The highest BCUT2D eigenvalue weighted by Crippen LogP contribution is 2.34. The van der Waals surface area contributed by atoms with Crippen molar-refractivity contribution < 1.29 is 26.7 Å². The Bertz CT molecular complexity index is 423. The average Bonchev–Trinajstić information content (AvgIpc) is 2.14. The van der Waals surface area contributed by atoms with Crippen LogP contribution in [0.15, 0.2) is 12.4 Å². The molecule has 3 nitrogen and oxygen atoms in total. The number of halogens is 5. The van der Waals surface area contributed by atoms with Crippen LogP contribution in [0.4, 0.5) is 22.0 Å². The molecule has 1 heterocycles. The minimum Gasteiger partial charge on any atom is -0.404 e. The number of ether oxygens (including phenoxy) is 1. The summed E-state index contributed by atoms with van der Waals surface area (Å²) in [6.45, 7) is 0. The lowest BCUT2D eigenvalue weighted by atomic mass is 10.1. The molecule has 0 amide bonds. The first-order valence-corrected chi connectivity index (χ1v) is 3.77. The highest BCUT2D eigenvalue weighted by molar-refractivity contribution is 5.44. The predicted molar refractivity (Wildman–Crippen MR) is 40.6 cm³/mol. The minimum absolute atomic E-state index is 0.482. The lowest BCUT2D eigenvalue weighted by Gasteiger charge is -2.12. The molecule has 0 aliphatic carbocycles. The highest BCUT2D eigenvalue weighted by Gasteiger charge is 2.34. The molecule has 0 aliphatic rings. The van der Waals surface area contributed by atoms with Crippen LogP contribution in [-0.4, -0.2) is 11.3 Å². The number of pyridine rings is 1. The fraction of sp³-hybridized carbons (Fsp3) is 0.250. The van der Waals surface area contributed by atoms with Crippen LogP contribution < -0.4 is 4.74 Å². The molecular weight excluding hydrogens is 235 g/mol. The molecule has 0 unspecified atom stereocenters. The zero-order valence-corrected chi connectivity index (χ0v) is 7.42. The molecule has 0 N–H and O–H groups in total. The van der Waals surface area contributed by atoms with Crippen LogP contribution in [0.5, 0.6) is 5.75 Å². The van der Waals surface area contributed by atoms with Crippen molar-refractivity contribution in [2.75, 3.05) is 0 Å². The Morgan fingerprint density at radius 3 is 2.38 bits per heavy atom. The molecule has 0 aromatic carbocycles. The van der Waals surface area contributed by atoms with Gasteiger partial charge in [-0.2, -0.15) is 5.26 Å². The van der Waals surface area contributed by atoms with Crippen LogP contribution in [-0.2, 0) is 0 Å². The van der Waals surface area contributed by atoms with Crippen LogP contribution in [0, 0.1) is 11.3 Å². The Hall–Kier alpha value is -1.91. The van der Waals surface area contributed by atoms with E-state index in [0.717, 1.165) is 6.20 Å². The van der Waals surface area contributed by atoms with Gasteiger partial charge in [0.1, 0.15) is 6.07 Å². The average molecular weight is 238 g/mol. The third-order valence-electron chi connectivity index (χ3n) is 1.52. The summed E-state index contributed by atoms with van der Waals surface area (Å²) in [6.07, 6.45) is -7.14. The Kier molecular flexibility index (Phi) is 3.27. The Morgan fingerprint density at radius 2 is 1.94 bits per heavy atom. The van der Waals surface area contributed by atoms with E-state index < -0.39 is 29.7 Å². The zero-order valence-electron chi connectivity index (χ0n) is 7.42. The van der Waals surface area contributed by atoms with Crippen molar-refractivity contribution in [1.82, 2.24) is 4.98 Å². The minimum atomic E-state index is -5.11.